The van der Waals surface area contributed by atoms with E-state index in [9.17, 15) is 5.11 Å². The van der Waals surface area contributed by atoms with E-state index in [2.05, 4.69) is 22.5 Å². The van der Waals surface area contributed by atoms with Crippen LogP contribution in [0.5, 0.6) is 11.5 Å². The highest BCUT2D eigenvalue weighted by Gasteiger charge is 2.20. The van der Waals surface area contributed by atoms with Crippen LogP contribution in [0.1, 0.15) is 39.5 Å². The molecule has 1 saturated carbocycles. The van der Waals surface area contributed by atoms with E-state index < -0.39 is 0 Å². The molecule has 3 N–H and O–H groups in total. The number of hydrogen-bond donors (Lipinski definition) is 3. The standard InChI is InChI=1S/C19H31N3O3/c1-4-20-19(22-15-8-10-16(23)11-9-15)21-13-14(2)25-18-7-5-6-17(12-18)24-3/h5-7,12,14-16,23H,4,8-11,13H2,1-3H3,(H2,20,21,22). The fourth-order valence-electron chi connectivity index (χ4n) is 2.90. The lowest BCUT2D eigenvalue weighted by molar-refractivity contribution is 0.120. The van der Waals surface area contributed by atoms with E-state index in [-0.39, 0.29) is 12.2 Å². The largest absolute Gasteiger partial charge is 0.497 e. The second-order valence-corrected chi connectivity index (χ2v) is 6.48. The van der Waals surface area contributed by atoms with Gasteiger partial charge in [-0.1, -0.05) is 6.07 Å². The predicted molar refractivity (Wildman–Crippen MR) is 100 cm³/mol. The number of aliphatic hydroxyl groups is 1. The summed E-state index contributed by atoms with van der Waals surface area (Å²) in [4.78, 5) is 4.64. The summed E-state index contributed by atoms with van der Waals surface area (Å²) in [5, 5.41) is 16.4. The summed E-state index contributed by atoms with van der Waals surface area (Å²) in [5.74, 6) is 2.37. The van der Waals surface area contributed by atoms with Crippen LogP contribution < -0.4 is 20.1 Å². The van der Waals surface area contributed by atoms with Gasteiger partial charge in [-0.05, 0) is 51.7 Å². The SMILES string of the molecule is CCNC(=NCC(C)Oc1cccc(OC)c1)NC1CCC(O)CC1. The molecular formula is C19H31N3O3. The molecule has 1 atom stereocenters. The molecule has 1 aromatic rings. The number of methoxy groups -OCH3 is 1. The van der Waals surface area contributed by atoms with Gasteiger partial charge in [0.25, 0.3) is 0 Å². The molecule has 140 valence electrons. The number of hydrogen-bond acceptors (Lipinski definition) is 4. The molecular weight excluding hydrogens is 318 g/mol. The van der Waals surface area contributed by atoms with Gasteiger partial charge in [0.15, 0.2) is 5.96 Å². The van der Waals surface area contributed by atoms with Crippen LogP contribution in [-0.2, 0) is 0 Å². The molecule has 1 aliphatic carbocycles. The van der Waals surface area contributed by atoms with Crippen LogP contribution in [0.2, 0.25) is 0 Å². The lowest BCUT2D eigenvalue weighted by Gasteiger charge is -2.27. The summed E-state index contributed by atoms with van der Waals surface area (Å²) < 4.78 is 11.1. The van der Waals surface area contributed by atoms with Crippen molar-refractivity contribution in [3.8, 4) is 11.5 Å². The first-order valence-electron chi connectivity index (χ1n) is 9.14. The number of guanidine groups is 1. The Morgan fingerprint density at radius 3 is 2.68 bits per heavy atom. The average molecular weight is 349 g/mol. The molecule has 6 nitrogen and oxygen atoms in total. The minimum atomic E-state index is -0.145. The third-order valence-electron chi connectivity index (χ3n) is 4.27. The molecule has 0 radical (unpaired) electrons. The van der Waals surface area contributed by atoms with Crippen molar-refractivity contribution in [1.29, 1.82) is 0 Å². The molecule has 1 aromatic carbocycles. The molecule has 0 bridgehead atoms. The van der Waals surface area contributed by atoms with E-state index in [4.69, 9.17) is 9.47 Å². The van der Waals surface area contributed by atoms with Crippen LogP contribution in [0.15, 0.2) is 29.3 Å². The molecule has 0 saturated heterocycles. The monoisotopic (exact) mass is 349 g/mol. The second kappa shape index (κ2) is 10.1. The van der Waals surface area contributed by atoms with Crippen LogP contribution >= 0.6 is 0 Å². The van der Waals surface area contributed by atoms with Crippen molar-refractivity contribution in [1.82, 2.24) is 10.6 Å². The Morgan fingerprint density at radius 1 is 1.28 bits per heavy atom. The van der Waals surface area contributed by atoms with Gasteiger partial charge in [-0.15, -0.1) is 0 Å². The highest BCUT2D eigenvalue weighted by Crippen LogP contribution is 2.20. The number of ether oxygens (including phenoxy) is 2. The zero-order chi connectivity index (χ0) is 18.1. The summed E-state index contributed by atoms with van der Waals surface area (Å²) >= 11 is 0. The first kappa shape index (κ1) is 19.4. The molecule has 1 aliphatic rings. The van der Waals surface area contributed by atoms with Crippen molar-refractivity contribution >= 4 is 5.96 Å². The lowest BCUT2D eigenvalue weighted by atomic mass is 9.93. The van der Waals surface area contributed by atoms with E-state index in [1.807, 2.05) is 31.2 Å². The van der Waals surface area contributed by atoms with Crippen molar-refractivity contribution in [2.75, 3.05) is 20.2 Å². The molecule has 0 aromatic heterocycles. The van der Waals surface area contributed by atoms with Crippen LogP contribution in [-0.4, -0.2) is 49.5 Å². The van der Waals surface area contributed by atoms with Crippen molar-refractivity contribution in [3.63, 3.8) is 0 Å². The average Bonchev–Trinajstić information content (AvgIpc) is 2.62. The Balaban J connectivity index is 1.86. The Morgan fingerprint density at radius 2 is 2.00 bits per heavy atom. The van der Waals surface area contributed by atoms with Gasteiger partial charge in [-0.25, -0.2) is 4.99 Å². The van der Waals surface area contributed by atoms with Gasteiger partial charge >= 0.3 is 0 Å². The summed E-state index contributed by atoms with van der Waals surface area (Å²) in [7, 11) is 1.64. The summed E-state index contributed by atoms with van der Waals surface area (Å²) in [5.41, 5.74) is 0. The molecule has 0 aliphatic heterocycles. The Hall–Kier alpha value is -1.95. The van der Waals surface area contributed by atoms with Crippen LogP contribution in [0.25, 0.3) is 0 Å². The molecule has 0 heterocycles. The quantitative estimate of drug-likeness (QED) is 0.520. The lowest BCUT2D eigenvalue weighted by Crippen LogP contribution is -2.45. The second-order valence-electron chi connectivity index (χ2n) is 6.48. The highest BCUT2D eigenvalue weighted by molar-refractivity contribution is 5.80. The van der Waals surface area contributed by atoms with E-state index in [0.29, 0.717) is 12.6 Å². The molecule has 1 fully saturated rings. The third-order valence-corrected chi connectivity index (χ3v) is 4.27. The zero-order valence-electron chi connectivity index (χ0n) is 15.5. The Kier molecular flexibility index (Phi) is 7.85. The molecule has 1 unspecified atom stereocenters. The van der Waals surface area contributed by atoms with E-state index in [0.717, 1.165) is 49.7 Å². The summed E-state index contributed by atoms with van der Waals surface area (Å²) in [6.07, 6.45) is 3.46. The van der Waals surface area contributed by atoms with Crippen molar-refractivity contribution < 1.29 is 14.6 Å². The minimum absolute atomic E-state index is 0.0456. The van der Waals surface area contributed by atoms with Crippen molar-refractivity contribution in [2.24, 2.45) is 4.99 Å². The first-order valence-corrected chi connectivity index (χ1v) is 9.14. The normalized spacial score (nSPS) is 22.2. The predicted octanol–water partition coefficient (Wildman–Crippen LogP) is 2.32. The van der Waals surface area contributed by atoms with Crippen LogP contribution in [0.4, 0.5) is 0 Å². The Labute approximate surface area is 150 Å². The number of benzene rings is 1. The molecule has 25 heavy (non-hydrogen) atoms. The fourth-order valence-corrected chi connectivity index (χ4v) is 2.90. The highest BCUT2D eigenvalue weighted by atomic mass is 16.5. The topological polar surface area (TPSA) is 75.1 Å². The number of aliphatic imine (C=N–C) groups is 1. The van der Waals surface area contributed by atoms with Gasteiger partial charge < -0.3 is 25.2 Å². The maximum Gasteiger partial charge on any atom is 0.191 e. The van der Waals surface area contributed by atoms with Crippen molar-refractivity contribution in [3.05, 3.63) is 24.3 Å². The smallest absolute Gasteiger partial charge is 0.191 e. The summed E-state index contributed by atoms with van der Waals surface area (Å²) in [6, 6.07) is 7.96. The van der Waals surface area contributed by atoms with Gasteiger partial charge in [0, 0.05) is 18.7 Å². The first-order chi connectivity index (χ1) is 12.1. The Bertz CT molecular complexity index is 542. The molecule has 2 rings (SSSR count). The number of nitrogens with one attached hydrogen (secondary N) is 2. The van der Waals surface area contributed by atoms with Crippen LogP contribution in [0.3, 0.4) is 0 Å². The van der Waals surface area contributed by atoms with Gasteiger partial charge in [0.1, 0.15) is 17.6 Å². The number of nitrogens with zero attached hydrogens (tertiary/aromatic N) is 1. The minimum Gasteiger partial charge on any atom is -0.497 e. The molecule has 6 heteroatoms. The number of aliphatic hydroxyl groups excluding tert-OH is 1. The van der Waals surface area contributed by atoms with E-state index in [1.165, 1.54) is 0 Å². The van der Waals surface area contributed by atoms with Gasteiger partial charge in [0.05, 0.1) is 19.8 Å². The fraction of sp³-hybridized carbons (Fsp3) is 0.632. The molecule has 0 amide bonds. The van der Waals surface area contributed by atoms with Gasteiger partial charge in [0.2, 0.25) is 0 Å². The molecule has 0 spiro atoms. The van der Waals surface area contributed by atoms with Gasteiger partial charge in [-0.3, -0.25) is 0 Å². The van der Waals surface area contributed by atoms with E-state index in [1.54, 1.807) is 7.11 Å². The third kappa shape index (κ3) is 6.82. The van der Waals surface area contributed by atoms with E-state index >= 15 is 0 Å². The number of rotatable bonds is 7. The zero-order valence-corrected chi connectivity index (χ0v) is 15.5. The van der Waals surface area contributed by atoms with Crippen molar-refractivity contribution in [2.45, 2.75) is 57.8 Å². The van der Waals surface area contributed by atoms with Gasteiger partial charge in [-0.2, -0.15) is 0 Å². The maximum atomic E-state index is 9.62. The van der Waals surface area contributed by atoms with Crippen LogP contribution in [0, 0.1) is 0 Å². The maximum absolute atomic E-state index is 9.62. The summed E-state index contributed by atoms with van der Waals surface area (Å²) in [6.45, 7) is 5.43.